The number of sulfonamides is 1. The summed E-state index contributed by atoms with van der Waals surface area (Å²) in [5.74, 6) is -0.334. The summed E-state index contributed by atoms with van der Waals surface area (Å²) in [6.07, 6.45) is 0.683. The highest BCUT2D eigenvalue weighted by Gasteiger charge is 2.30. The quantitative estimate of drug-likeness (QED) is 0.578. The Morgan fingerprint density at radius 3 is 2.83 bits per heavy atom. The van der Waals surface area contributed by atoms with Gasteiger partial charge in [0.2, 0.25) is 10.0 Å². The molecule has 0 fully saturated rings. The number of carboxylic acid groups (broad SMARTS) is 1. The van der Waals surface area contributed by atoms with Gasteiger partial charge >= 0.3 is 5.97 Å². The van der Waals surface area contributed by atoms with Crippen LogP contribution >= 0.6 is 23.3 Å². The number of aliphatic carboxylic acids is 1. The summed E-state index contributed by atoms with van der Waals surface area (Å²) >= 11 is 2.66. The number of hydrogen-bond donors (Lipinski definition) is 3. The van der Waals surface area contributed by atoms with Gasteiger partial charge in [-0.15, -0.1) is 11.3 Å². The van der Waals surface area contributed by atoms with Gasteiger partial charge in [0.15, 0.2) is 0 Å². The van der Waals surface area contributed by atoms with Crippen LogP contribution in [0.25, 0.3) is 0 Å². The summed E-state index contributed by atoms with van der Waals surface area (Å²) in [4.78, 5) is 10.7. The fourth-order valence-electron chi connectivity index (χ4n) is 2.37. The first-order chi connectivity index (χ1) is 11.2. The standard InChI is InChI=1S/C14H23N3O4S3/c1-9(2)7-16-11-8-17(5-3-4-12(18)19)23-14-10(11)6-13(22-14)24(15,20)21/h6,9,11,16H,3-5,7-8H2,1-2H3,(H,18,19)(H2,15,20,21)/t11-/m0/s1. The zero-order valence-electron chi connectivity index (χ0n) is 13.7. The zero-order chi connectivity index (χ0) is 17.9. The summed E-state index contributed by atoms with van der Waals surface area (Å²) in [6, 6.07) is 1.68. The van der Waals surface area contributed by atoms with E-state index in [1.165, 1.54) is 23.3 Å². The van der Waals surface area contributed by atoms with Crippen LogP contribution in [-0.4, -0.2) is 43.4 Å². The molecule has 0 bridgehead atoms. The molecule has 0 aliphatic carbocycles. The summed E-state index contributed by atoms with van der Waals surface area (Å²) < 4.78 is 26.4. The lowest BCUT2D eigenvalue weighted by molar-refractivity contribution is -0.137. The van der Waals surface area contributed by atoms with E-state index >= 15 is 0 Å². The van der Waals surface area contributed by atoms with Crippen LogP contribution in [0.1, 0.15) is 38.3 Å². The Morgan fingerprint density at radius 2 is 2.25 bits per heavy atom. The van der Waals surface area contributed by atoms with E-state index < -0.39 is 16.0 Å². The largest absolute Gasteiger partial charge is 0.481 e. The number of thiophene rings is 1. The van der Waals surface area contributed by atoms with E-state index in [0.29, 0.717) is 25.4 Å². The molecule has 2 rings (SSSR count). The number of carboxylic acids is 1. The number of nitrogens with two attached hydrogens (primary N) is 1. The Kier molecular flexibility index (Phi) is 6.68. The number of carbonyl (C=O) groups is 1. The molecule has 1 aromatic rings. The van der Waals surface area contributed by atoms with Crippen molar-refractivity contribution in [2.45, 2.75) is 41.1 Å². The van der Waals surface area contributed by atoms with Crippen LogP contribution in [0, 0.1) is 5.92 Å². The minimum absolute atomic E-state index is 0.0141. The third kappa shape index (κ3) is 5.43. The van der Waals surface area contributed by atoms with Crippen LogP contribution in [0.5, 0.6) is 0 Å². The van der Waals surface area contributed by atoms with E-state index in [-0.39, 0.29) is 16.7 Å². The second-order valence-electron chi connectivity index (χ2n) is 6.18. The second-order valence-corrected chi connectivity index (χ2v) is 10.4. The summed E-state index contributed by atoms with van der Waals surface area (Å²) in [5, 5.41) is 17.5. The lowest BCUT2D eigenvalue weighted by atomic mass is 10.1. The average Bonchev–Trinajstić information content (AvgIpc) is 2.88. The molecule has 24 heavy (non-hydrogen) atoms. The Balaban J connectivity index is 2.16. The van der Waals surface area contributed by atoms with Gasteiger partial charge in [-0.25, -0.2) is 17.9 Å². The van der Waals surface area contributed by atoms with Crippen molar-refractivity contribution in [2.75, 3.05) is 19.6 Å². The van der Waals surface area contributed by atoms with Crippen molar-refractivity contribution in [1.82, 2.24) is 9.62 Å². The van der Waals surface area contributed by atoms with Gasteiger partial charge in [0.1, 0.15) is 4.21 Å². The molecule has 0 aromatic carbocycles. The molecule has 10 heteroatoms. The van der Waals surface area contributed by atoms with Gasteiger partial charge in [0.05, 0.1) is 4.21 Å². The number of fused-ring (bicyclic) bond motifs is 1. The Hall–Kier alpha value is -0.650. The molecular weight excluding hydrogens is 370 g/mol. The van der Waals surface area contributed by atoms with Crippen molar-refractivity contribution in [3.8, 4) is 0 Å². The highest BCUT2D eigenvalue weighted by molar-refractivity contribution is 7.99. The predicted molar refractivity (Wildman–Crippen MR) is 95.6 cm³/mol. The minimum atomic E-state index is -3.72. The minimum Gasteiger partial charge on any atom is -0.481 e. The Bertz CT molecular complexity index is 687. The van der Waals surface area contributed by atoms with Crippen LogP contribution in [0.4, 0.5) is 0 Å². The molecule has 2 heterocycles. The number of nitrogens with one attached hydrogen (secondary N) is 1. The van der Waals surface area contributed by atoms with E-state index in [2.05, 4.69) is 23.5 Å². The van der Waals surface area contributed by atoms with Gasteiger partial charge in [-0.1, -0.05) is 13.8 Å². The summed E-state index contributed by atoms with van der Waals surface area (Å²) in [7, 11) is -3.72. The number of nitrogens with zero attached hydrogens (tertiary/aromatic N) is 1. The van der Waals surface area contributed by atoms with Crippen LogP contribution < -0.4 is 10.5 Å². The maximum Gasteiger partial charge on any atom is 0.303 e. The topological polar surface area (TPSA) is 113 Å². The van der Waals surface area contributed by atoms with Gasteiger partial charge in [0.25, 0.3) is 0 Å². The van der Waals surface area contributed by atoms with E-state index in [9.17, 15) is 13.2 Å². The van der Waals surface area contributed by atoms with Gasteiger partial charge in [-0.3, -0.25) is 4.79 Å². The van der Waals surface area contributed by atoms with Crippen molar-refractivity contribution in [3.63, 3.8) is 0 Å². The Morgan fingerprint density at radius 1 is 1.54 bits per heavy atom. The smallest absolute Gasteiger partial charge is 0.303 e. The molecule has 4 N–H and O–H groups in total. The molecule has 0 amide bonds. The maximum absolute atomic E-state index is 11.6. The summed E-state index contributed by atoms with van der Waals surface area (Å²) in [6.45, 7) is 6.38. The van der Waals surface area contributed by atoms with Crippen molar-refractivity contribution in [2.24, 2.45) is 11.1 Å². The first kappa shape index (κ1) is 19.7. The fourth-order valence-corrected chi connectivity index (χ4v) is 5.94. The molecular formula is C14H23N3O4S3. The molecule has 7 nitrogen and oxygen atoms in total. The van der Waals surface area contributed by atoms with Crippen molar-refractivity contribution in [3.05, 3.63) is 11.6 Å². The second kappa shape index (κ2) is 8.15. The number of rotatable bonds is 8. The molecule has 0 spiro atoms. The van der Waals surface area contributed by atoms with Crippen molar-refractivity contribution >= 4 is 39.3 Å². The van der Waals surface area contributed by atoms with Crippen molar-refractivity contribution in [1.29, 1.82) is 0 Å². The lowest BCUT2D eigenvalue weighted by Gasteiger charge is -2.32. The normalized spacial score (nSPS) is 18.8. The molecule has 1 aromatic heterocycles. The van der Waals surface area contributed by atoms with Crippen LogP contribution in [0.2, 0.25) is 0 Å². The zero-order valence-corrected chi connectivity index (χ0v) is 16.1. The van der Waals surface area contributed by atoms with Gasteiger partial charge in [-0.05, 0) is 42.5 Å². The lowest BCUT2D eigenvalue weighted by Crippen LogP contribution is -2.36. The monoisotopic (exact) mass is 393 g/mol. The molecule has 0 saturated heterocycles. The third-order valence-corrected chi connectivity index (χ3v) is 7.36. The first-order valence-electron chi connectivity index (χ1n) is 7.71. The SMILES string of the molecule is CC(C)CN[C@H]1CN(CCCC(=O)O)Sc2sc(S(N)(=O)=O)cc21. The fraction of sp³-hybridized carbons (Fsp3) is 0.643. The molecule has 0 unspecified atom stereocenters. The van der Waals surface area contributed by atoms with E-state index in [4.69, 9.17) is 10.2 Å². The molecule has 1 atom stereocenters. The predicted octanol–water partition coefficient (Wildman–Crippen LogP) is 1.87. The van der Waals surface area contributed by atoms with Gasteiger partial charge in [-0.2, -0.15) is 0 Å². The molecule has 136 valence electrons. The number of primary sulfonamides is 1. The van der Waals surface area contributed by atoms with Crippen LogP contribution in [-0.2, 0) is 14.8 Å². The molecule has 0 radical (unpaired) electrons. The highest BCUT2D eigenvalue weighted by Crippen LogP contribution is 2.43. The van der Waals surface area contributed by atoms with E-state index in [0.717, 1.165) is 16.3 Å². The van der Waals surface area contributed by atoms with E-state index in [1.54, 1.807) is 6.07 Å². The molecule has 1 aliphatic heterocycles. The van der Waals surface area contributed by atoms with Crippen molar-refractivity contribution < 1.29 is 18.3 Å². The molecule has 0 saturated carbocycles. The molecule has 1 aliphatic rings. The van der Waals surface area contributed by atoms with Crippen LogP contribution in [0.15, 0.2) is 14.5 Å². The summed E-state index contributed by atoms with van der Waals surface area (Å²) in [5.41, 5.74) is 0.962. The third-order valence-electron chi connectivity index (χ3n) is 3.53. The first-order valence-corrected chi connectivity index (χ1v) is 10.8. The van der Waals surface area contributed by atoms with E-state index in [1.807, 2.05) is 0 Å². The van der Waals surface area contributed by atoms with Crippen LogP contribution in [0.3, 0.4) is 0 Å². The Labute approximate surface area is 150 Å². The maximum atomic E-state index is 11.6. The highest BCUT2D eigenvalue weighted by atomic mass is 32.3. The van der Waals surface area contributed by atoms with Gasteiger partial charge in [0, 0.05) is 25.6 Å². The van der Waals surface area contributed by atoms with Gasteiger partial charge < -0.3 is 10.4 Å². The average molecular weight is 394 g/mol. The number of hydrogen-bond acceptors (Lipinski definition) is 7.